The van der Waals surface area contributed by atoms with Gasteiger partial charge in [-0.25, -0.2) is 4.98 Å². The Morgan fingerprint density at radius 3 is 2.48 bits per heavy atom. The predicted molar refractivity (Wildman–Crippen MR) is 123 cm³/mol. The number of hydrogen-bond donors (Lipinski definition) is 0. The van der Waals surface area contributed by atoms with Gasteiger partial charge < -0.3 is 4.74 Å². The Kier molecular flexibility index (Phi) is 4.72. The van der Waals surface area contributed by atoms with E-state index in [4.69, 9.17) is 9.72 Å². The number of fused-ring (bicyclic) bond motifs is 3. The molecule has 0 saturated heterocycles. The number of pyridine rings is 1. The molecule has 6 heteroatoms. The molecule has 0 atom stereocenters. The first kappa shape index (κ1) is 18.7. The zero-order valence-corrected chi connectivity index (χ0v) is 16.8. The average Bonchev–Trinajstić information content (AvgIpc) is 2.84. The summed E-state index contributed by atoms with van der Waals surface area (Å²) in [6, 6.07) is 24.4. The number of aromatic nitrogens is 3. The monoisotopic (exact) mass is 406 g/mol. The van der Waals surface area contributed by atoms with E-state index < -0.39 is 0 Å². The fraction of sp³-hybridized carbons (Fsp3) is 0.0400. The van der Waals surface area contributed by atoms with E-state index >= 15 is 0 Å². The van der Waals surface area contributed by atoms with Crippen molar-refractivity contribution >= 4 is 28.0 Å². The van der Waals surface area contributed by atoms with Crippen LogP contribution in [0.25, 0.3) is 33.2 Å². The SMILES string of the molecule is COc1ccc(/C=N/n2c(-c3ccccc3)nc3c(ccc4ncccc43)c2=O)cc1. The molecule has 0 aliphatic heterocycles. The van der Waals surface area contributed by atoms with Crippen LogP contribution in [0.3, 0.4) is 0 Å². The molecule has 31 heavy (non-hydrogen) atoms. The number of methoxy groups -OCH3 is 1. The Bertz CT molecular complexity index is 1470. The Morgan fingerprint density at radius 1 is 0.903 bits per heavy atom. The summed E-state index contributed by atoms with van der Waals surface area (Å²) < 4.78 is 6.55. The summed E-state index contributed by atoms with van der Waals surface area (Å²) >= 11 is 0. The molecule has 0 saturated carbocycles. The first-order chi connectivity index (χ1) is 15.2. The second kappa shape index (κ2) is 7.84. The van der Waals surface area contributed by atoms with E-state index in [0.717, 1.165) is 27.8 Å². The lowest BCUT2D eigenvalue weighted by Crippen LogP contribution is -2.20. The van der Waals surface area contributed by atoms with Crippen molar-refractivity contribution in [2.75, 3.05) is 7.11 Å². The van der Waals surface area contributed by atoms with Gasteiger partial charge in [-0.05, 0) is 54.1 Å². The van der Waals surface area contributed by atoms with E-state index in [2.05, 4.69) is 10.1 Å². The summed E-state index contributed by atoms with van der Waals surface area (Å²) in [6.45, 7) is 0. The minimum atomic E-state index is -0.237. The maximum Gasteiger partial charge on any atom is 0.282 e. The summed E-state index contributed by atoms with van der Waals surface area (Å²) in [4.78, 5) is 22.7. The van der Waals surface area contributed by atoms with Crippen molar-refractivity contribution in [2.45, 2.75) is 0 Å². The lowest BCUT2D eigenvalue weighted by atomic mass is 10.1. The molecule has 2 aromatic heterocycles. The van der Waals surface area contributed by atoms with Crippen LogP contribution in [0.1, 0.15) is 5.56 Å². The van der Waals surface area contributed by atoms with Gasteiger partial charge in [-0.2, -0.15) is 9.78 Å². The van der Waals surface area contributed by atoms with Crippen molar-refractivity contribution in [1.29, 1.82) is 0 Å². The molecule has 0 amide bonds. The van der Waals surface area contributed by atoms with E-state index in [1.807, 2.05) is 72.8 Å². The lowest BCUT2D eigenvalue weighted by molar-refractivity contribution is 0.415. The van der Waals surface area contributed by atoms with Crippen molar-refractivity contribution < 1.29 is 4.74 Å². The van der Waals surface area contributed by atoms with Gasteiger partial charge in [-0.15, -0.1) is 0 Å². The topological polar surface area (TPSA) is 69.4 Å². The lowest BCUT2D eigenvalue weighted by Gasteiger charge is -2.11. The molecule has 5 rings (SSSR count). The van der Waals surface area contributed by atoms with E-state index in [1.165, 1.54) is 4.68 Å². The van der Waals surface area contributed by atoms with Gasteiger partial charge in [0.15, 0.2) is 5.82 Å². The minimum absolute atomic E-state index is 0.237. The third kappa shape index (κ3) is 3.44. The molecule has 6 nitrogen and oxygen atoms in total. The van der Waals surface area contributed by atoms with Crippen LogP contribution in [0.4, 0.5) is 0 Å². The smallest absolute Gasteiger partial charge is 0.282 e. The first-order valence-electron chi connectivity index (χ1n) is 9.79. The molecular formula is C25H18N4O2. The van der Waals surface area contributed by atoms with E-state index in [9.17, 15) is 4.79 Å². The van der Waals surface area contributed by atoms with Crippen molar-refractivity contribution in [3.8, 4) is 17.1 Å². The molecule has 150 valence electrons. The maximum atomic E-state index is 13.5. The highest BCUT2D eigenvalue weighted by Gasteiger charge is 2.14. The van der Waals surface area contributed by atoms with Crippen LogP contribution in [-0.2, 0) is 0 Å². The molecule has 0 aliphatic rings. The highest BCUT2D eigenvalue weighted by Crippen LogP contribution is 2.24. The minimum Gasteiger partial charge on any atom is -0.497 e. The molecule has 0 radical (unpaired) electrons. The van der Waals surface area contributed by atoms with E-state index in [1.54, 1.807) is 25.6 Å². The normalized spacial score (nSPS) is 11.4. The van der Waals surface area contributed by atoms with Crippen molar-refractivity contribution in [2.24, 2.45) is 5.10 Å². The van der Waals surface area contributed by atoms with Crippen molar-refractivity contribution in [3.05, 3.63) is 101 Å². The average molecular weight is 406 g/mol. The number of ether oxygens (including phenoxy) is 1. The fourth-order valence-corrected chi connectivity index (χ4v) is 3.49. The largest absolute Gasteiger partial charge is 0.497 e. The maximum absolute atomic E-state index is 13.5. The molecule has 0 unspecified atom stereocenters. The summed E-state index contributed by atoms with van der Waals surface area (Å²) in [5.74, 6) is 1.23. The zero-order valence-electron chi connectivity index (χ0n) is 16.8. The molecule has 5 aromatic rings. The first-order valence-corrected chi connectivity index (χ1v) is 9.79. The molecule has 0 spiro atoms. The third-order valence-corrected chi connectivity index (χ3v) is 5.07. The highest BCUT2D eigenvalue weighted by molar-refractivity contribution is 6.03. The Balaban J connectivity index is 1.75. The molecule has 0 N–H and O–H groups in total. The van der Waals surface area contributed by atoms with Gasteiger partial charge in [0.2, 0.25) is 0 Å². The summed E-state index contributed by atoms with van der Waals surface area (Å²) in [7, 11) is 1.62. The van der Waals surface area contributed by atoms with Crippen LogP contribution in [0, 0.1) is 0 Å². The molecule has 0 bridgehead atoms. The van der Waals surface area contributed by atoms with Crippen LogP contribution in [0.5, 0.6) is 5.75 Å². The number of rotatable bonds is 4. The van der Waals surface area contributed by atoms with Crippen LogP contribution in [0.15, 0.2) is 95.0 Å². The second-order valence-electron chi connectivity index (χ2n) is 6.97. The van der Waals surface area contributed by atoms with Crippen molar-refractivity contribution in [3.63, 3.8) is 0 Å². The quantitative estimate of drug-likeness (QED) is 0.325. The Labute approximate surface area is 178 Å². The second-order valence-corrected chi connectivity index (χ2v) is 6.97. The molecular weight excluding hydrogens is 388 g/mol. The third-order valence-electron chi connectivity index (χ3n) is 5.07. The molecule has 3 aromatic carbocycles. The highest BCUT2D eigenvalue weighted by atomic mass is 16.5. The van der Waals surface area contributed by atoms with E-state index in [0.29, 0.717) is 16.7 Å². The van der Waals surface area contributed by atoms with Gasteiger partial charge in [-0.1, -0.05) is 30.3 Å². The van der Waals surface area contributed by atoms with Gasteiger partial charge in [-0.3, -0.25) is 9.78 Å². The van der Waals surface area contributed by atoms with Gasteiger partial charge >= 0.3 is 0 Å². The van der Waals surface area contributed by atoms with Gasteiger partial charge in [0.1, 0.15) is 5.75 Å². The number of hydrogen-bond acceptors (Lipinski definition) is 5. The molecule has 0 fully saturated rings. The van der Waals surface area contributed by atoms with Crippen LogP contribution in [-0.4, -0.2) is 28.0 Å². The summed E-state index contributed by atoms with van der Waals surface area (Å²) in [6.07, 6.45) is 3.37. The molecule has 2 heterocycles. The number of nitrogens with zero attached hydrogens (tertiary/aromatic N) is 4. The summed E-state index contributed by atoms with van der Waals surface area (Å²) in [5, 5.41) is 5.82. The molecule has 0 aliphatic carbocycles. The van der Waals surface area contributed by atoms with Crippen molar-refractivity contribution in [1.82, 2.24) is 14.6 Å². The fourth-order valence-electron chi connectivity index (χ4n) is 3.49. The zero-order chi connectivity index (χ0) is 21.2. The Hall–Kier alpha value is -4.32. The Morgan fingerprint density at radius 2 is 1.71 bits per heavy atom. The van der Waals surface area contributed by atoms with Crippen LogP contribution in [0.2, 0.25) is 0 Å². The standard InChI is InChI=1S/C25H18N4O2/c1-31-19-11-9-17(10-12-19)16-27-29-24(18-6-3-2-4-7-18)28-23-20-8-5-15-26-22(20)14-13-21(23)25(29)30/h2-16H,1H3/b27-16+. The predicted octanol–water partition coefficient (Wildman–Crippen LogP) is 4.50. The van der Waals surface area contributed by atoms with Gasteiger partial charge in [0, 0.05) is 17.1 Å². The van der Waals surface area contributed by atoms with Gasteiger partial charge in [0.05, 0.1) is 29.7 Å². The van der Waals surface area contributed by atoms with Crippen LogP contribution >= 0.6 is 0 Å². The summed E-state index contributed by atoms with van der Waals surface area (Å²) in [5.41, 5.74) is 2.81. The van der Waals surface area contributed by atoms with Crippen LogP contribution < -0.4 is 10.3 Å². The number of benzene rings is 3. The van der Waals surface area contributed by atoms with Gasteiger partial charge in [0.25, 0.3) is 5.56 Å². The van der Waals surface area contributed by atoms with E-state index in [-0.39, 0.29) is 5.56 Å².